The number of hydrogen-bond acceptors (Lipinski definition) is 6. The van der Waals surface area contributed by atoms with Gasteiger partial charge < -0.3 is 14.9 Å². The standard InChI is InChI=1S/C6H3F4N3O5S/c7-2-1-3(13(14)15)12-5(18-6(8,9)10)4(2)19(11,16)17/h1H,(H2,11,16,17). The Morgan fingerprint density at radius 2 is 1.95 bits per heavy atom. The summed E-state index contributed by atoms with van der Waals surface area (Å²) in [5.74, 6) is -5.12. The van der Waals surface area contributed by atoms with Crippen molar-refractivity contribution >= 4 is 15.8 Å². The number of nitrogens with zero attached hydrogens (tertiary/aromatic N) is 2. The van der Waals surface area contributed by atoms with Gasteiger partial charge in [-0.05, 0) is 4.92 Å². The van der Waals surface area contributed by atoms with E-state index in [0.29, 0.717) is 0 Å². The van der Waals surface area contributed by atoms with Crippen LogP contribution in [0.5, 0.6) is 5.88 Å². The first-order valence-electron chi connectivity index (χ1n) is 4.05. The van der Waals surface area contributed by atoms with Gasteiger partial charge in [-0.25, -0.2) is 17.9 Å². The lowest BCUT2D eigenvalue weighted by atomic mass is 10.4. The fourth-order valence-electron chi connectivity index (χ4n) is 0.998. The highest BCUT2D eigenvalue weighted by Gasteiger charge is 2.39. The zero-order chi connectivity index (χ0) is 15.0. The molecule has 19 heavy (non-hydrogen) atoms. The third-order valence-corrected chi connectivity index (χ3v) is 2.51. The molecule has 0 aliphatic carbocycles. The van der Waals surface area contributed by atoms with E-state index in [4.69, 9.17) is 0 Å². The first-order chi connectivity index (χ1) is 8.42. The lowest BCUT2D eigenvalue weighted by Crippen LogP contribution is -2.23. The van der Waals surface area contributed by atoms with E-state index in [1.54, 1.807) is 0 Å². The number of hydrogen-bond donors (Lipinski definition) is 1. The third-order valence-electron chi connectivity index (χ3n) is 1.57. The molecule has 1 rings (SSSR count). The largest absolute Gasteiger partial charge is 0.575 e. The molecule has 106 valence electrons. The molecule has 0 aliphatic heterocycles. The summed E-state index contributed by atoms with van der Waals surface area (Å²) in [4.78, 5) is 9.87. The van der Waals surface area contributed by atoms with Gasteiger partial charge in [0, 0.05) is 4.98 Å². The van der Waals surface area contributed by atoms with Gasteiger partial charge in [0.2, 0.25) is 14.9 Å². The van der Waals surface area contributed by atoms with Gasteiger partial charge in [-0.15, -0.1) is 13.2 Å². The molecule has 0 aromatic carbocycles. The van der Waals surface area contributed by atoms with Gasteiger partial charge in [-0.3, -0.25) is 0 Å². The van der Waals surface area contributed by atoms with E-state index in [2.05, 4.69) is 14.9 Å². The first kappa shape index (κ1) is 15.0. The van der Waals surface area contributed by atoms with Gasteiger partial charge >= 0.3 is 18.1 Å². The van der Waals surface area contributed by atoms with Crippen molar-refractivity contribution in [2.24, 2.45) is 5.14 Å². The summed E-state index contributed by atoms with van der Waals surface area (Å²) < 4.78 is 74.2. The zero-order valence-electron chi connectivity index (χ0n) is 8.51. The number of halogens is 4. The van der Waals surface area contributed by atoms with E-state index < -0.39 is 43.7 Å². The normalized spacial score (nSPS) is 12.3. The van der Waals surface area contributed by atoms with Crippen LogP contribution in [0, 0.1) is 15.9 Å². The number of ether oxygens (including phenoxy) is 1. The maximum Gasteiger partial charge on any atom is 0.575 e. The lowest BCUT2D eigenvalue weighted by molar-refractivity contribution is -0.390. The molecule has 1 heterocycles. The van der Waals surface area contributed by atoms with Crippen LogP contribution < -0.4 is 9.88 Å². The summed E-state index contributed by atoms with van der Waals surface area (Å²) in [6.45, 7) is 0. The Balaban J connectivity index is 3.59. The predicted molar refractivity (Wildman–Crippen MR) is 48.9 cm³/mol. The average Bonchev–Trinajstić information content (AvgIpc) is 2.10. The third kappa shape index (κ3) is 3.72. The van der Waals surface area contributed by atoms with Crippen molar-refractivity contribution in [1.82, 2.24) is 4.98 Å². The fraction of sp³-hybridized carbons (Fsp3) is 0.167. The van der Waals surface area contributed by atoms with Gasteiger partial charge in [-0.2, -0.15) is 0 Å². The van der Waals surface area contributed by atoms with Crippen molar-refractivity contribution in [1.29, 1.82) is 0 Å². The smallest absolute Gasteiger partial charge is 0.365 e. The molecule has 8 nitrogen and oxygen atoms in total. The molecule has 0 spiro atoms. The molecule has 13 heteroatoms. The monoisotopic (exact) mass is 305 g/mol. The summed E-state index contributed by atoms with van der Waals surface area (Å²) in [5, 5.41) is 14.8. The Morgan fingerprint density at radius 1 is 1.42 bits per heavy atom. The number of sulfonamides is 1. The first-order valence-corrected chi connectivity index (χ1v) is 5.60. The summed E-state index contributed by atoms with van der Waals surface area (Å²) in [7, 11) is -4.96. The van der Waals surface area contributed by atoms with Crippen LogP contribution in [0.1, 0.15) is 0 Å². The number of rotatable bonds is 3. The minimum absolute atomic E-state index is 0.00295. The van der Waals surface area contributed by atoms with Crippen LogP contribution in [-0.2, 0) is 10.0 Å². The molecule has 0 saturated carbocycles. The highest BCUT2D eigenvalue weighted by atomic mass is 32.2. The molecule has 1 aromatic heterocycles. The zero-order valence-corrected chi connectivity index (χ0v) is 9.33. The summed E-state index contributed by atoms with van der Waals surface area (Å²) in [5.41, 5.74) is 0. The number of alkyl halides is 3. The van der Waals surface area contributed by atoms with Crippen molar-refractivity contribution in [3.05, 3.63) is 22.0 Å². The number of nitro groups is 1. The number of nitrogens with two attached hydrogens (primary N) is 1. The van der Waals surface area contributed by atoms with Gasteiger partial charge in [0.25, 0.3) is 0 Å². The Morgan fingerprint density at radius 3 is 2.32 bits per heavy atom. The van der Waals surface area contributed by atoms with E-state index in [0.717, 1.165) is 0 Å². The van der Waals surface area contributed by atoms with Crippen LogP contribution in [-0.4, -0.2) is 24.7 Å². The number of pyridine rings is 1. The van der Waals surface area contributed by atoms with Crippen LogP contribution in [0.25, 0.3) is 0 Å². The van der Waals surface area contributed by atoms with E-state index >= 15 is 0 Å². The minimum atomic E-state index is -5.44. The Bertz CT molecular complexity index is 628. The van der Waals surface area contributed by atoms with Crippen molar-refractivity contribution in [3.63, 3.8) is 0 Å². The summed E-state index contributed by atoms with van der Waals surface area (Å²) in [6, 6.07) is 0.00295. The molecule has 0 atom stereocenters. The van der Waals surface area contributed by atoms with Crippen LogP contribution >= 0.6 is 0 Å². The number of primary sulfonamides is 1. The molecular weight excluding hydrogens is 302 g/mol. The molecule has 0 bridgehead atoms. The molecule has 2 N–H and O–H groups in total. The SMILES string of the molecule is NS(=O)(=O)c1c(F)cc([N+](=O)[O-])nc1OC(F)(F)F. The van der Waals surface area contributed by atoms with E-state index in [9.17, 15) is 36.1 Å². The van der Waals surface area contributed by atoms with Crippen LogP contribution in [0.3, 0.4) is 0 Å². The topological polar surface area (TPSA) is 125 Å². The molecule has 0 amide bonds. The second-order valence-corrected chi connectivity index (χ2v) is 4.44. The van der Waals surface area contributed by atoms with Crippen LogP contribution in [0.2, 0.25) is 0 Å². The fourth-order valence-corrected chi connectivity index (χ4v) is 1.66. The average molecular weight is 305 g/mol. The highest BCUT2D eigenvalue weighted by Crippen LogP contribution is 2.31. The summed E-state index contributed by atoms with van der Waals surface area (Å²) >= 11 is 0. The predicted octanol–water partition coefficient (Wildman–Crippen LogP) is 0.675. The Kier molecular flexibility index (Phi) is 3.63. The second kappa shape index (κ2) is 4.58. The van der Waals surface area contributed by atoms with Crippen LogP contribution in [0.15, 0.2) is 11.0 Å². The molecule has 0 radical (unpaired) electrons. The van der Waals surface area contributed by atoms with E-state index in [1.807, 2.05) is 0 Å². The van der Waals surface area contributed by atoms with Crippen molar-refractivity contribution in [2.45, 2.75) is 11.3 Å². The van der Waals surface area contributed by atoms with E-state index in [-0.39, 0.29) is 6.07 Å². The lowest BCUT2D eigenvalue weighted by Gasteiger charge is -2.08. The quantitative estimate of drug-likeness (QED) is 0.497. The van der Waals surface area contributed by atoms with Gasteiger partial charge in [0.05, 0.1) is 6.07 Å². The van der Waals surface area contributed by atoms with Gasteiger partial charge in [0.15, 0.2) is 5.82 Å². The molecule has 0 saturated heterocycles. The summed E-state index contributed by atoms with van der Waals surface area (Å²) in [6.07, 6.45) is -5.44. The maximum absolute atomic E-state index is 13.3. The number of aromatic nitrogens is 1. The Labute approximate surface area is 102 Å². The van der Waals surface area contributed by atoms with Crippen molar-refractivity contribution in [2.75, 3.05) is 0 Å². The van der Waals surface area contributed by atoms with E-state index in [1.165, 1.54) is 0 Å². The van der Waals surface area contributed by atoms with Gasteiger partial charge in [-0.1, -0.05) is 0 Å². The molecular formula is C6H3F4N3O5S. The highest BCUT2D eigenvalue weighted by molar-refractivity contribution is 7.89. The second-order valence-electron chi connectivity index (χ2n) is 2.95. The van der Waals surface area contributed by atoms with Gasteiger partial charge in [0.1, 0.15) is 0 Å². The molecule has 0 fully saturated rings. The Hall–Kier alpha value is -2.02. The van der Waals surface area contributed by atoms with Crippen molar-refractivity contribution < 1.29 is 35.6 Å². The maximum atomic E-state index is 13.3. The van der Waals surface area contributed by atoms with Crippen molar-refractivity contribution in [3.8, 4) is 5.88 Å². The minimum Gasteiger partial charge on any atom is -0.365 e. The molecule has 0 unspecified atom stereocenters. The van der Waals surface area contributed by atoms with Crippen LogP contribution in [0.4, 0.5) is 23.4 Å². The molecule has 1 aromatic rings. The molecule has 0 aliphatic rings.